The van der Waals surface area contributed by atoms with Crippen LogP contribution in [0.25, 0.3) is 5.57 Å². The Morgan fingerprint density at radius 3 is 2.29 bits per heavy atom. The van der Waals surface area contributed by atoms with Gasteiger partial charge in [0.25, 0.3) is 0 Å². The molecule has 0 aliphatic carbocycles. The molecule has 0 radical (unpaired) electrons. The molecule has 148 valence electrons. The van der Waals surface area contributed by atoms with Gasteiger partial charge in [-0.3, -0.25) is 4.79 Å². The second-order valence-corrected chi connectivity index (χ2v) is 7.07. The van der Waals surface area contributed by atoms with Crippen LogP contribution < -0.4 is 4.74 Å². The monoisotopic (exact) mass is 379 g/mol. The summed E-state index contributed by atoms with van der Waals surface area (Å²) < 4.78 is 11.0. The predicted molar refractivity (Wildman–Crippen MR) is 113 cm³/mol. The summed E-state index contributed by atoms with van der Waals surface area (Å²) in [6, 6.07) is 16.4. The summed E-state index contributed by atoms with van der Waals surface area (Å²) in [7, 11) is 2.13. The molecule has 4 heteroatoms. The van der Waals surface area contributed by atoms with E-state index in [1.54, 1.807) is 0 Å². The molecular weight excluding hydrogens is 350 g/mol. The Morgan fingerprint density at radius 1 is 1.00 bits per heavy atom. The van der Waals surface area contributed by atoms with E-state index in [0.29, 0.717) is 13.0 Å². The van der Waals surface area contributed by atoms with Gasteiger partial charge in [-0.05, 0) is 57.5 Å². The number of ether oxygens (including phenoxy) is 2. The molecule has 4 nitrogen and oxygen atoms in total. The lowest BCUT2D eigenvalue weighted by Gasteiger charge is -2.23. The minimum Gasteiger partial charge on any atom is -0.466 e. The fourth-order valence-corrected chi connectivity index (χ4v) is 3.47. The van der Waals surface area contributed by atoms with E-state index in [9.17, 15) is 4.79 Å². The molecule has 28 heavy (non-hydrogen) atoms. The maximum absolute atomic E-state index is 11.4. The number of hydrogen-bond acceptors (Lipinski definition) is 4. The largest absolute Gasteiger partial charge is 0.466 e. The van der Waals surface area contributed by atoms with Crippen LogP contribution in [0.15, 0.2) is 54.6 Å². The van der Waals surface area contributed by atoms with E-state index in [-0.39, 0.29) is 5.97 Å². The van der Waals surface area contributed by atoms with Crippen molar-refractivity contribution in [1.82, 2.24) is 4.90 Å². The van der Waals surface area contributed by atoms with Crippen LogP contribution in [-0.2, 0) is 9.53 Å². The van der Waals surface area contributed by atoms with E-state index in [2.05, 4.69) is 42.3 Å². The molecule has 2 aromatic rings. The van der Waals surface area contributed by atoms with Crippen LogP contribution in [0.5, 0.6) is 11.5 Å². The quantitative estimate of drug-likeness (QED) is 0.375. The number of nitrogens with zero attached hydrogens (tertiary/aromatic N) is 1. The number of unbranched alkanes of at least 4 members (excludes halogenated alkanes) is 1. The molecule has 0 saturated carbocycles. The molecule has 2 aromatic carbocycles. The van der Waals surface area contributed by atoms with Gasteiger partial charge >= 0.3 is 5.97 Å². The van der Waals surface area contributed by atoms with Crippen molar-refractivity contribution >= 4 is 11.5 Å². The van der Waals surface area contributed by atoms with Crippen molar-refractivity contribution in [1.29, 1.82) is 0 Å². The smallest absolute Gasteiger partial charge is 0.305 e. The van der Waals surface area contributed by atoms with Crippen LogP contribution in [0.2, 0.25) is 0 Å². The standard InChI is InChI=1S/C24H29NO3/c1-3-27-24(26)16-8-9-17-25(2)18-10-13-19-20-11-4-6-14-22(20)28-23-15-7-5-12-21(19)23/h4-7,11-15H,3,8-10,16-18H2,1-2H3. The second kappa shape index (κ2) is 10.1. The molecule has 0 bridgehead atoms. The molecule has 0 spiro atoms. The number of fused-ring (bicyclic) bond motifs is 2. The molecular formula is C24H29NO3. The molecule has 0 saturated heterocycles. The summed E-state index contributed by atoms with van der Waals surface area (Å²) in [5.41, 5.74) is 3.55. The summed E-state index contributed by atoms with van der Waals surface area (Å²) in [5, 5.41) is 0. The number of carbonyl (C=O) groups excluding carboxylic acids is 1. The Balaban J connectivity index is 1.55. The fourth-order valence-electron chi connectivity index (χ4n) is 3.47. The SMILES string of the molecule is CCOC(=O)CCCCN(C)CCC=C1c2ccccc2Oc2ccccc21. The molecule has 0 N–H and O–H groups in total. The maximum Gasteiger partial charge on any atom is 0.305 e. The zero-order valence-electron chi connectivity index (χ0n) is 16.8. The van der Waals surface area contributed by atoms with Crippen molar-refractivity contribution in [2.24, 2.45) is 0 Å². The number of carbonyl (C=O) groups is 1. The van der Waals surface area contributed by atoms with Gasteiger partial charge in [-0.25, -0.2) is 0 Å². The first-order valence-electron chi connectivity index (χ1n) is 10.1. The topological polar surface area (TPSA) is 38.8 Å². The van der Waals surface area contributed by atoms with Crippen molar-refractivity contribution in [3.05, 3.63) is 65.7 Å². The van der Waals surface area contributed by atoms with Crippen LogP contribution in [0, 0.1) is 0 Å². The molecule has 0 amide bonds. The van der Waals surface area contributed by atoms with Gasteiger partial charge in [0.05, 0.1) is 6.61 Å². The van der Waals surface area contributed by atoms with Crippen LogP contribution in [-0.4, -0.2) is 37.6 Å². The lowest BCUT2D eigenvalue weighted by atomic mass is 9.93. The van der Waals surface area contributed by atoms with Gasteiger partial charge in [0.15, 0.2) is 0 Å². The highest BCUT2D eigenvalue weighted by Crippen LogP contribution is 2.43. The Hall–Kier alpha value is -2.59. The molecule has 0 atom stereocenters. The zero-order valence-corrected chi connectivity index (χ0v) is 16.8. The number of hydrogen-bond donors (Lipinski definition) is 0. The molecule has 0 aromatic heterocycles. The number of benzene rings is 2. The first-order valence-corrected chi connectivity index (χ1v) is 10.1. The van der Waals surface area contributed by atoms with E-state index in [4.69, 9.17) is 9.47 Å². The minimum absolute atomic E-state index is 0.0910. The highest BCUT2D eigenvalue weighted by Gasteiger charge is 2.20. The fraction of sp³-hybridized carbons (Fsp3) is 0.375. The lowest BCUT2D eigenvalue weighted by molar-refractivity contribution is -0.143. The van der Waals surface area contributed by atoms with Crippen LogP contribution in [0.1, 0.15) is 43.7 Å². The Kier molecular flexibility index (Phi) is 7.26. The van der Waals surface area contributed by atoms with E-state index in [1.165, 1.54) is 5.57 Å². The van der Waals surface area contributed by atoms with E-state index in [0.717, 1.165) is 55.0 Å². The van der Waals surface area contributed by atoms with Gasteiger partial charge in [-0.15, -0.1) is 0 Å². The number of para-hydroxylation sites is 2. The third-order valence-corrected chi connectivity index (χ3v) is 4.91. The second-order valence-electron chi connectivity index (χ2n) is 7.07. The van der Waals surface area contributed by atoms with Gasteiger partial charge in [0.1, 0.15) is 11.5 Å². The van der Waals surface area contributed by atoms with Crippen LogP contribution >= 0.6 is 0 Å². The molecule has 1 aliphatic heterocycles. The van der Waals surface area contributed by atoms with Crippen molar-refractivity contribution in [3.8, 4) is 11.5 Å². The molecule has 1 aliphatic rings. The average molecular weight is 380 g/mol. The van der Waals surface area contributed by atoms with Crippen molar-refractivity contribution in [2.45, 2.75) is 32.6 Å². The van der Waals surface area contributed by atoms with Crippen molar-refractivity contribution in [2.75, 3.05) is 26.7 Å². The molecule has 1 heterocycles. The number of esters is 1. The third kappa shape index (κ3) is 5.23. The zero-order chi connectivity index (χ0) is 19.8. The summed E-state index contributed by atoms with van der Waals surface area (Å²) in [6.07, 6.45) is 5.68. The first kappa shape index (κ1) is 20.2. The van der Waals surface area contributed by atoms with Gasteiger partial charge in [-0.1, -0.05) is 42.5 Å². The molecule has 3 rings (SSSR count). The minimum atomic E-state index is -0.0910. The van der Waals surface area contributed by atoms with Crippen LogP contribution in [0.4, 0.5) is 0 Å². The Morgan fingerprint density at radius 2 is 1.64 bits per heavy atom. The molecule has 0 fully saturated rings. The van der Waals surface area contributed by atoms with E-state index >= 15 is 0 Å². The predicted octanol–water partition coefficient (Wildman–Crippen LogP) is 5.28. The highest BCUT2D eigenvalue weighted by molar-refractivity contribution is 5.87. The summed E-state index contributed by atoms with van der Waals surface area (Å²) >= 11 is 0. The summed E-state index contributed by atoms with van der Waals surface area (Å²) in [5.74, 6) is 1.74. The first-order chi connectivity index (χ1) is 13.7. The summed E-state index contributed by atoms with van der Waals surface area (Å²) in [4.78, 5) is 13.7. The Bertz CT molecular complexity index is 781. The average Bonchev–Trinajstić information content (AvgIpc) is 2.71. The summed E-state index contributed by atoms with van der Waals surface area (Å²) in [6.45, 7) is 4.27. The molecule has 0 unspecified atom stereocenters. The van der Waals surface area contributed by atoms with Gasteiger partial charge < -0.3 is 14.4 Å². The highest BCUT2D eigenvalue weighted by atomic mass is 16.5. The van der Waals surface area contributed by atoms with Crippen LogP contribution in [0.3, 0.4) is 0 Å². The maximum atomic E-state index is 11.4. The van der Waals surface area contributed by atoms with Crippen molar-refractivity contribution in [3.63, 3.8) is 0 Å². The normalized spacial score (nSPS) is 12.2. The van der Waals surface area contributed by atoms with Gasteiger partial charge in [0.2, 0.25) is 0 Å². The van der Waals surface area contributed by atoms with E-state index in [1.807, 2.05) is 31.2 Å². The van der Waals surface area contributed by atoms with Gasteiger partial charge in [0, 0.05) is 24.1 Å². The Labute approximate surface area is 167 Å². The third-order valence-electron chi connectivity index (χ3n) is 4.91. The van der Waals surface area contributed by atoms with E-state index < -0.39 is 0 Å². The number of rotatable bonds is 9. The van der Waals surface area contributed by atoms with Gasteiger partial charge in [-0.2, -0.15) is 0 Å². The lowest BCUT2D eigenvalue weighted by Crippen LogP contribution is -2.21. The van der Waals surface area contributed by atoms with Crippen molar-refractivity contribution < 1.29 is 14.3 Å².